The van der Waals surface area contributed by atoms with Crippen molar-refractivity contribution in [3.05, 3.63) is 0 Å². The van der Waals surface area contributed by atoms with E-state index in [0.29, 0.717) is 0 Å². The molecule has 0 aliphatic carbocycles. The molecule has 0 heterocycles. The molecule has 3 N–H and O–H groups in total. The Morgan fingerprint density at radius 3 is 2.00 bits per heavy atom. The Kier molecular flexibility index (Phi) is 2.80. The zero-order valence-electron chi connectivity index (χ0n) is 6.38. The van der Waals surface area contributed by atoms with Crippen LogP contribution in [0, 0.1) is 0 Å². The smallest absolute Gasteiger partial charge is 0.323 e. The summed E-state index contributed by atoms with van der Waals surface area (Å²) in [5.74, 6) is -1.05. The molecule has 4 heteroatoms. The second-order valence-corrected chi connectivity index (χ2v) is 2.71. The first-order valence-electron chi connectivity index (χ1n) is 3.02. The largest absolute Gasteiger partial charge is 0.480 e. The molecule has 0 amide bonds. The summed E-state index contributed by atoms with van der Waals surface area (Å²) in [4.78, 5) is 10.4. The molecular formula is C6H13NO3. The lowest BCUT2D eigenvalue weighted by molar-refractivity contribution is -0.145. The lowest BCUT2D eigenvalue weighted by Gasteiger charge is -2.24. The van der Waals surface area contributed by atoms with Gasteiger partial charge in [0.25, 0.3) is 0 Å². The molecule has 0 aromatic carbocycles. The molecule has 0 saturated heterocycles. The van der Waals surface area contributed by atoms with E-state index in [1.807, 2.05) is 0 Å². The van der Waals surface area contributed by atoms with Gasteiger partial charge in [0, 0.05) is 0 Å². The third kappa shape index (κ3) is 2.33. The Morgan fingerprint density at radius 1 is 1.60 bits per heavy atom. The lowest BCUT2D eigenvalue weighted by atomic mass is 10.00. The number of hydrogen-bond acceptors (Lipinski definition) is 3. The molecule has 0 radical (unpaired) electrons. The van der Waals surface area contributed by atoms with Crippen LogP contribution < -0.4 is 5.32 Å². The maximum absolute atomic E-state index is 10.4. The highest BCUT2D eigenvalue weighted by molar-refractivity contribution is 5.74. The van der Waals surface area contributed by atoms with E-state index in [1.54, 1.807) is 0 Å². The summed E-state index contributed by atoms with van der Waals surface area (Å²) in [6, 6.07) is -0.910. The standard InChI is InChI=1S/C6H13NO3/c1-6(2,10)4(7-3)5(8)9/h4,7,10H,1-3H3,(H,8,9)/t4-/m0/s1. The number of nitrogens with one attached hydrogen (secondary N) is 1. The van der Waals surface area contributed by atoms with E-state index in [1.165, 1.54) is 20.9 Å². The van der Waals surface area contributed by atoms with Crippen LogP contribution in [-0.4, -0.2) is 34.9 Å². The minimum atomic E-state index is -1.22. The van der Waals surface area contributed by atoms with E-state index in [4.69, 9.17) is 5.11 Å². The van der Waals surface area contributed by atoms with Crippen LogP contribution in [0.2, 0.25) is 0 Å². The number of hydrogen-bond donors (Lipinski definition) is 3. The van der Waals surface area contributed by atoms with Gasteiger partial charge < -0.3 is 15.5 Å². The zero-order valence-corrected chi connectivity index (χ0v) is 6.38. The molecule has 0 aliphatic rings. The number of likely N-dealkylation sites (N-methyl/N-ethyl adjacent to an activating group) is 1. The van der Waals surface area contributed by atoms with E-state index in [0.717, 1.165) is 0 Å². The van der Waals surface area contributed by atoms with Crippen LogP contribution in [0.1, 0.15) is 13.8 Å². The predicted molar refractivity (Wildman–Crippen MR) is 36.8 cm³/mol. The van der Waals surface area contributed by atoms with Crippen LogP contribution in [0.15, 0.2) is 0 Å². The average Bonchev–Trinajstić information content (AvgIpc) is 1.60. The van der Waals surface area contributed by atoms with Crippen molar-refractivity contribution in [3.63, 3.8) is 0 Å². The van der Waals surface area contributed by atoms with Crippen molar-refractivity contribution >= 4 is 5.97 Å². The zero-order chi connectivity index (χ0) is 8.36. The lowest BCUT2D eigenvalue weighted by Crippen LogP contribution is -2.50. The van der Waals surface area contributed by atoms with Gasteiger partial charge >= 0.3 is 5.97 Å². The number of carboxylic acids is 1. The molecule has 0 saturated carbocycles. The van der Waals surface area contributed by atoms with E-state index in [9.17, 15) is 9.90 Å². The molecule has 0 aliphatic heterocycles. The molecular weight excluding hydrogens is 134 g/mol. The molecule has 60 valence electrons. The van der Waals surface area contributed by atoms with Crippen LogP contribution in [0.3, 0.4) is 0 Å². The normalized spacial score (nSPS) is 14.8. The summed E-state index contributed by atoms with van der Waals surface area (Å²) >= 11 is 0. The van der Waals surface area contributed by atoms with Crippen molar-refractivity contribution in [2.45, 2.75) is 25.5 Å². The fourth-order valence-corrected chi connectivity index (χ4v) is 0.779. The summed E-state index contributed by atoms with van der Waals surface area (Å²) in [6.45, 7) is 2.89. The summed E-state index contributed by atoms with van der Waals surface area (Å²) in [7, 11) is 1.50. The third-order valence-corrected chi connectivity index (χ3v) is 1.24. The van der Waals surface area contributed by atoms with Crippen molar-refractivity contribution in [2.24, 2.45) is 0 Å². The van der Waals surface area contributed by atoms with Crippen LogP contribution in [-0.2, 0) is 4.79 Å². The van der Waals surface area contributed by atoms with Crippen LogP contribution in [0.5, 0.6) is 0 Å². The van der Waals surface area contributed by atoms with Gasteiger partial charge in [0.1, 0.15) is 6.04 Å². The SMILES string of the molecule is CN[C@@H](C(=O)O)C(C)(C)O. The number of carboxylic acid groups (broad SMARTS) is 1. The third-order valence-electron chi connectivity index (χ3n) is 1.24. The topological polar surface area (TPSA) is 69.6 Å². The van der Waals surface area contributed by atoms with Gasteiger partial charge in [-0.15, -0.1) is 0 Å². The Labute approximate surface area is 59.9 Å². The number of rotatable bonds is 3. The first-order valence-corrected chi connectivity index (χ1v) is 3.02. The highest BCUT2D eigenvalue weighted by Crippen LogP contribution is 2.07. The Bertz CT molecular complexity index is 127. The maximum atomic E-state index is 10.4. The molecule has 0 fully saturated rings. The summed E-state index contributed by atoms with van der Waals surface area (Å²) in [6.07, 6.45) is 0. The minimum Gasteiger partial charge on any atom is -0.480 e. The molecule has 0 aromatic heterocycles. The average molecular weight is 147 g/mol. The number of carbonyl (C=O) groups is 1. The summed E-state index contributed by atoms with van der Waals surface area (Å²) in [5, 5.41) is 20.2. The molecule has 0 spiro atoms. The Morgan fingerprint density at radius 2 is 2.00 bits per heavy atom. The molecule has 0 rings (SSSR count). The second kappa shape index (κ2) is 2.98. The molecule has 0 aromatic rings. The van der Waals surface area contributed by atoms with Crippen LogP contribution in [0.4, 0.5) is 0 Å². The van der Waals surface area contributed by atoms with Gasteiger partial charge in [-0.2, -0.15) is 0 Å². The maximum Gasteiger partial charge on any atom is 0.323 e. The van der Waals surface area contributed by atoms with Gasteiger partial charge in [-0.05, 0) is 20.9 Å². The molecule has 10 heavy (non-hydrogen) atoms. The van der Waals surface area contributed by atoms with Crippen molar-refractivity contribution in [2.75, 3.05) is 7.05 Å². The minimum absolute atomic E-state index is 0.910. The summed E-state index contributed by atoms with van der Waals surface area (Å²) < 4.78 is 0. The fourth-order valence-electron chi connectivity index (χ4n) is 0.779. The molecule has 0 bridgehead atoms. The Balaban J connectivity index is 4.22. The second-order valence-electron chi connectivity index (χ2n) is 2.71. The van der Waals surface area contributed by atoms with Crippen molar-refractivity contribution in [1.29, 1.82) is 0 Å². The molecule has 4 nitrogen and oxygen atoms in total. The first kappa shape index (κ1) is 9.39. The fraction of sp³-hybridized carbons (Fsp3) is 0.833. The number of aliphatic carboxylic acids is 1. The molecule has 1 atom stereocenters. The molecule has 0 unspecified atom stereocenters. The predicted octanol–water partition coefficient (Wildman–Crippen LogP) is -0.570. The van der Waals surface area contributed by atoms with E-state index < -0.39 is 17.6 Å². The summed E-state index contributed by atoms with van der Waals surface area (Å²) in [5.41, 5.74) is -1.22. The van der Waals surface area contributed by atoms with Gasteiger partial charge in [-0.3, -0.25) is 4.79 Å². The van der Waals surface area contributed by atoms with Gasteiger partial charge in [-0.25, -0.2) is 0 Å². The highest BCUT2D eigenvalue weighted by atomic mass is 16.4. The quantitative estimate of drug-likeness (QED) is 0.500. The van der Waals surface area contributed by atoms with E-state index in [-0.39, 0.29) is 0 Å². The van der Waals surface area contributed by atoms with Crippen molar-refractivity contribution in [3.8, 4) is 0 Å². The van der Waals surface area contributed by atoms with Gasteiger partial charge in [0.05, 0.1) is 5.60 Å². The monoisotopic (exact) mass is 147 g/mol. The number of aliphatic hydroxyl groups is 1. The van der Waals surface area contributed by atoms with Gasteiger partial charge in [-0.1, -0.05) is 0 Å². The van der Waals surface area contributed by atoms with Crippen LogP contribution >= 0.6 is 0 Å². The highest BCUT2D eigenvalue weighted by Gasteiger charge is 2.31. The van der Waals surface area contributed by atoms with E-state index in [2.05, 4.69) is 5.32 Å². The van der Waals surface area contributed by atoms with Crippen molar-refractivity contribution in [1.82, 2.24) is 5.32 Å². The van der Waals surface area contributed by atoms with Crippen LogP contribution in [0.25, 0.3) is 0 Å². The van der Waals surface area contributed by atoms with Crippen molar-refractivity contribution < 1.29 is 15.0 Å². The van der Waals surface area contributed by atoms with E-state index >= 15 is 0 Å². The van der Waals surface area contributed by atoms with Gasteiger partial charge in [0.2, 0.25) is 0 Å². The van der Waals surface area contributed by atoms with Gasteiger partial charge in [0.15, 0.2) is 0 Å². The Hall–Kier alpha value is -0.610. The first-order chi connectivity index (χ1) is 4.39.